The molecular weight excluding hydrogens is 262 g/mol. The van der Waals surface area contributed by atoms with Crippen LogP contribution in [-0.4, -0.2) is 24.2 Å². The fraction of sp³-hybridized carbons (Fsp3) is 0.294. The standard InChI is InChI=1S/C17H17N3O/c1-13-7-8-17(19-11-13)21-14-9-10-20(12-14)16-6-4-3-5-15(16)18-2/h3-8,11,14H,9-10,12H2,1H3/t14-/m1/s1. The lowest BCUT2D eigenvalue weighted by molar-refractivity contribution is 0.216. The topological polar surface area (TPSA) is 29.7 Å². The monoisotopic (exact) mass is 279 g/mol. The second kappa shape index (κ2) is 5.84. The molecule has 3 rings (SSSR count). The van der Waals surface area contributed by atoms with E-state index in [4.69, 9.17) is 11.3 Å². The van der Waals surface area contributed by atoms with E-state index in [0.29, 0.717) is 11.6 Å². The summed E-state index contributed by atoms with van der Waals surface area (Å²) in [5.74, 6) is 0.672. The first-order chi connectivity index (χ1) is 10.3. The Morgan fingerprint density at radius 3 is 2.90 bits per heavy atom. The third kappa shape index (κ3) is 2.97. The van der Waals surface area contributed by atoms with Crippen LogP contribution in [0.15, 0.2) is 42.6 Å². The Morgan fingerprint density at radius 1 is 1.29 bits per heavy atom. The second-order valence-corrected chi connectivity index (χ2v) is 5.25. The van der Waals surface area contributed by atoms with E-state index in [1.165, 1.54) is 0 Å². The van der Waals surface area contributed by atoms with Gasteiger partial charge in [0.05, 0.1) is 13.1 Å². The first-order valence-electron chi connectivity index (χ1n) is 7.07. The lowest BCUT2D eigenvalue weighted by Gasteiger charge is -2.20. The zero-order valence-corrected chi connectivity index (χ0v) is 12.0. The Balaban J connectivity index is 1.68. The summed E-state index contributed by atoms with van der Waals surface area (Å²) in [6.07, 6.45) is 2.89. The molecule has 2 aromatic rings. The van der Waals surface area contributed by atoms with Crippen molar-refractivity contribution in [1.29, 1.82) is 0 Å². The van der Waals surface area contributed by atoms with E-state index in [9.17, 15) is 0 Å². The summed E-state index contributed by atoms with van der Waals surface area (Å²) in [7, 11) is 0. The van der Waals surface area contributed by atoms with Gasteiger partial charge >= 0.3 is 0 Å². The summed E-state index contributed by atoms with van der Waals surface area (Å²) in [5, 5.41) is 0. The molecule has 4 heteroatoms. The average Bonchev–Trinajstić information content (AvgIpc) is 2.98. The SMILES string of the molecule is [C-]#[N+]c1ccccc1N1CC[C@@H](Oc2ccc(C)cn2)C1. The van der Waals surface area contributed by atoms with Crippen LogP contribution in [0.4, 0.5) is 11.4 Å². The van der Waals surface area contributed by atoms with Gasteiger partial charge in [-0.05, 0) is 18.6 Å². The molecule has 2 heterocycles. The lowest BCUT2D eigenvalue weighted by atomic mass is 10.2. The Bertz CT molecular complexity index is 660. The minimum atomic E-state index is 0.124. The smallest absolute Gasteiger partial charge is 0.213 e. The third-order valence-corrected chi connectivity index (χ3v) is 3.66. The summed E-state index contributed by atoms with van der Waals surface area (Å²) < 4.78 is 5.93. The van der Waals surface area contributed by atoms with Gasteiger partial charge in [-0.3, -0.25) is 0 Å². The number of nitrogens with zero attached hydrogens (tertiary/aromatic N) is 3. The Labute approximate surface area is 124 Å². The third-order valence-electron chi connectivity index (χ3n) is 3.66. The first-order valence-corrected chi connectivity index (χ1v) is 7.07. The van der Waals surface area contributed by atoms with Crippen molar-refractivity contribution in [2.45, 2.75) is 19.4 Å². The van der Waals surface area contributed by atoms with Gasteiger partial charge in [-0.25, -0.2) is 9.83 Å². The van der Waals surface area contributed by atoms with Gasteiger partial charge in [-0.15, -0.1) is 0 Å². The predicted octanol–water partition coefficient (Wildman–Crippen LogP) is 3.60. The molecule has 1 aliphatic rings. The summed E-state index contributed by atoms with van der Waals surface area (Å²) >= 11 is 0. The number of aromatic nitrogens is 1. The highest BCUT2D eigenvalue weighted by molar-refractivity contribution is 5.71. The van der Waals surface area contributed by atoms with Crippen LogP contribution in [0.25, 0.3) is 4.85 Å². The molecule has 1 aromatic carbocycles. The summed E-state index contributed by atoms with van der Waals surface area (Å²) in [5.41, 5.74) is 2.82. The minimum Gasteiger partial charge on any atom is -0.472 e. The van der Waals surface area contributed by atoms with Gasteiger partial charge in [0.2, 0.25) is 11.6 Å². The number of aryl methyl sites for hydroxylation is 1. The molecule has 106 valence electrons. The van der Waals surface area contributed by atoms with Crippen molar-refractivity contribution in [2.75, 3.05) is 18.0 Å². The number of benzene rings is 1. The van der Waals surface area contributed by atoms with Crippen molar-refractivity contribution >= 4 is 11.4 Å². The molecule has 1 atom stereocenters. The average molecular weight is 279 g/mol. The van der Waals surface area contributed by atoms with Gasteiger partial charge in [0.15, 0.2) is 0 Å². The number of hydrogen-bond acceptors (Lipinski definition) is 3. The summed E-state index contributed by atoms with van der Waals surface area (Å²) in [6, 6.07) is 11.6. The molecule has 0 bridgehead atoms. The Kier molecular flexibility index (Phi) is 3.74. The van der Waals surface area contributed by atoms with Crippen LogP contribution < -0.4 is 9.64 Å². The molecule has 0 unspecified atom stereocenters. The van der Waals surface area contributed by atoms with Crippen molar-refractivity contribution in [3.8, 4) is 5.88 Å². The number of para-hydroxylation sites is 2. The Morgan fingerprint density at radius 2 is 2.14 bits per heavy atom. The van der Waals surface area contributed by atoms with E-state index in [2.05, 4.69) is 14.7 Å². The summed E-state index contributed by atoms with van der Waals surface area (Å²) in [4.78, 5) is 10.1. The maximum absolute atomic E-state index is 7.26. The van der Waals surface area contributed by atoms with Gasteiger partial charge in [0.25, 0.3) is 0 Å². The van der Waals surface area contributed by atoms with Gasteiger partial charge in [-0.1, -0.05) is 24.3 Å². The van der Waals surface area contributed by atoms with E-state index in [-0.39, 0.29) is 6.10 Å². The molecule has 0 saturated carbocycles. The molecule has 1 aromatic heterocycles. The van der Waals surface area contributed by atoms with Gasteiger partial charge in [0, 0.05) is 30.9 Å². The molecule has 0 aliphatic carbocycles. The molecule has 1 aliphatic heterocycles. The van der Waals surface area contributed by atoms with Crippen LogP contribution in [0, 0.1) is 13.5 Å². The molecule has 0 radical (unpaired) electrons. The van der Waals surface area contributed by atoms with Crippen LogP contribution in [0.2, 0.25) is 0 Å². The maximum Gasteiger partial charge on any atom is 0.213 e. The quantitative estimate of drug-likeness (QED) is 0.804. The van der Waals surface area contributed by atoms with Crippen molar-refractivity contribution < 1.29 is 4.74 Å². The second-order valence-electron chi connectivity index (χ2n) is 5.25. The number of rotatable bonds is 3. The molecular formula is C17H17N3O. The van der Waals surface area contributed by atoms with Crippen LogP contribution in [0.3, 0.4) is 0 Å². The van der Waals surface area contributed by atoms with Crippen LogP contribution in [-0.2, 0) is 0 Å². The lowest BCUT2D eigenvalue weighted by Crippen LogP contribution is -2.24. The van der Waals surface area contributed by atoms with E-state index in [0.717, 1.165) is 30.8 Å². The highest BCUT2D eigenvalue weighted by Crippen LogP contribution is 2.31. The number of ether oxygens (including phenoxy) is 1. The zero-order valence-electron chi connectivity index (χ0n) is 12.0. The predicted molar refractivity (Wildman–Crippen MR) is 82.9 cm³/mol. The van der Waals surface area contributed by atoms with E-state index in [1.54, 1.807) is 0 Å². The van der Waals surface area contributed by atoms with E-state index >= 15 is 0 Å². The fourth-order valence-corrected chi connectivity index (χ4v) is 2.56. The van der Waals surface area contributed by atoms with E-state index in [1.807, 2.05) is 49.5 Å². The largest absolute Gasteiger partial charge is 0.472 e. The van der Waals surface area contributed by atoms with Crippen molar-refractivity contribution in [3.05, 3.63) is 59.6 Å². The fourth-order valence-electron chi connectivity index (χ4n) is 2.56. The first kappa shape index (κ1) is 13.4. The van der Waals surface area contributed by atoms with Crippen molar-refractivity contribution in [3.63, 3.8) is 0 Å². The molecule has 1 fully saturated rings. The minimum absolute atomic E-state index is 0.124. The van der Waals surface area contributed by atoms with Gasteiger partial charge < -0.3 is 9.64 Å². The van der Waals surface area contributed by atoms with Gasteiger partial charge in [-0.2, -0.15) is 0 Å². The highest BCUT2D eigenvalue weighted by atomic mass is 16.5. The number of hydrogen-bond donors (Lipinski definition) is 0. The zero-order chi connectivity index (χ0) is 14.7. The molecule has 0 N–H and O–H groups in total. The van der Waals surface area contributed by atoms with Crippen LogP contribution >= 0.6 is 0 Å². The molecule has 0 spiro atoms. The van der Waals surface area contributed by atoms with Crippen molar-refractivity contribution in [2.24, 2.45) is 0 Å². The Hall–Kier alpha value is -2.54. The maximum atomic E-state index is 7.26. The number of anilines is 1. The van der Waals surface area contributed by atoms with Crippen LogP contribution in [0.1, 0.15) is 12.0 Å². The molecule has 0 amide bonds. The summed E-state index contributed by atoms with van der Waals surface area (Å²) in [6.45, 7) is 11.0. The molecule has 4 nitrogen and oxygen atoms in total. The number of pyridine rings is 1. The molecule has 1 saturated heterocycles. The van der Waals surface area contributed by atoms with Crippen LogP contribution in [0.5, 0.6) is 5.88 Å². The van der Waals surface area contributed by atoms with Crippen molar-refractivity contribution in [1.82, 2.24) is 4.98 Å². The highest BCUT2D eigenvalue weighted by Gasteiger charge is 2.25. The normalized spacial score (nSPS) is 17.5. The molecule has 21 heavy (non-hydrogen) atoms. The van der Waals surface area contributed by atoms with Gasteiger partial charge in [0.1, 0.15) is 6.10 Å². The van der Waals surface area contributed by atoms with E-state index < -0.39 is 0 Å².